The summed E-state index contributed by atoms with van der Waals surface area (Å²) in [6.07, 6.45) is 3.05. The zero-order valence-electron chi connectivity index (χ0n) is 13.9. The van der Waals surface area contributed by atoms with Crippen LogP contribution in [0.25, 0.3) is 0 Å². The standard InChI is InChI=1S/C22H22O/c1-3-5-6-7-19-8-10-20(11-9-19)12-13-21-14-16-22(17-15-21)23-18-4-2/h8-11,14-17H,3-5,18H2,1-2H3. The van der Waals surface area contributed by atoms with E-state index in [9.17, 15) is 0 Å². The van der Waals surface area contributed by atoms with E-state index in [1.54, 1.807) is 0 Å². The highest BCUT2D eigenvalue weighted by molar-refractivity contribution is 5.46. The van der Waals surface area contributed by atoms with Crippen LogP contribution in [0.1, 0.15) is 49.8 Å². The summed E-state index contributed by atoms with van der Waals surface area (Å²) >= 11 is 0. The summed E-state index contributed by atoms with van der Waals surface area (Å²) in [5.74, 6) is 13.6. The molecular weight excluding hydrogens is 280 g/mol. The van der Waals surface area contributed by atoms with Crippen LogP contribution in [0.4, 0.5) is 0 Å². The smallest absolute Gasteiger partial charge is 0.119 e. The molecule has 0 saturated carbocycles. The normalized spacial score (nSPS) is 9.30. The second-order valence-corrected chi connectivity index (χ2v) is 5.25. The molecule has 0 bridgehead atoms. The third-order valence-electron chi connectivity index (χ3n) is 3.17. The molecule has 0 spiro atoms. The van der Waals surface area contributed by atoms with E-state index in [4.69, 9.17) is 4.74 Å². The molecule has 0 aromatic heterocycles. The van der Waals surface area contributed by atoms with Crippen LogP contribution in [0.3, 0.4) is 0 Å². The highest BCUT2D eigenvalue weighted by Gasteiger charge is 1.93. The fraction of sp³-hybridized carbons (Fsp3) is 0.273. The molecule has 2 aromatic carbocycles. The molecule has 1 nitrogen and oxygen atoms in total. The van der Waals surface area contributed by atoms with Crippen molar-refractivity contribution in [2.45, 2.75) is 33.1 Å². The Kier molecular flexibility index (Phi) is 6.83. The first-order valence-corrected chi connectivity index (χ1v) is 8.15. The molecule has 0 heterocycles. The summed E-state index contributed by atoms with van der Waals surface area (Å²) in [5.41, 5.74) is 3.03. The van der Waals surface area contributed by atoms with Crippen molar-refractivity contribution in [3.63, 3.8) is 0 Å². The minimum absolute atomic E-state index is 0.749. The van der Waals surface area contributed by atoms with Crippen molar-refractivity contribution in [1.29, 1.82) is 0 Å². The lowest BCUT2D eigenvalue weighted by atomic mass is 10.1. The van der Waals surface area contributed by atoms with Gasteiger partial charge in [-0.15, -0.1) is 0 Å². The fourth-order valence-corrected chi connectivity index (χ4v) is 1.93. The summed E-state index contributed by atoms with van der Waals surface area (Å²) < 4.78 is 5.57. The molecule has 23 heavy (non-hydrogen) atoms. The van der Waals surface area contributed by atoms with Gasteiger partial charge in [0.25, 0.3) is 0 Å². The van der Waals surface area contributed by atoms with Gasteiger partial charge in [-0.3, -0.25) is 0 Å². The van der Waals surface area contributed by atoms with Crippen molar-refractivity contribution in [2.75, 3.05) is 6.61 Å². The van der Waals surface area contributed by atoms with Gasteiger partial charge in [-0.1, -0.05) is 37.5 Å². The van der Waals surface area contributed by atoms with Crippen LogP contribution in [-0.2, 0) is 0 Å². The fourth-order valence-electron chi connectivity index (χ4n) is 1.93. The Bertz CT molecular complexity index is 716. The van der Waals surface area contributed by atoms with Gasteiger partial charge in [0.1, 0.15) is 5.75 Å². The number of unbranched alkanes of at least 4 members (excludes halogenated alkanes) is 1. The zero-order valence-corrected chi connectivity index (χ0v) is 13.9. The summed E-state index contributed by atoms with van der Waals surface area (Å²) in [6.45, 7) is 4.98. The van der Waals surface area contributed by atoms with Gasteiger partial charge in [-0.05, 0) is 61.4 Å². The van der Waals surface area contributed by atoms with E-state index in [0.29, 0.717) is 0 Å². The molecule has 0 amide bonds. The molecule has 0 atom stereocenters. The van der Waals surface area contributed by atoms with Gasteiger partial charge in [-0.2, -0.15) is 0 Å². The molecule has 2 aromatic rings. The van der Waals surface area contributed by atoms with Gasteiger partial charge in [0, 0.05) is 23.1 Å². The van der Waals surface area contributed by atoms with E-state index < -0.39 is 0 Å². The van der Waals surface area contributed by atoms with Crippen molar-refractivity contribution in [2.24, 2.45) is 0 Å². The Morgan fingerprint density at radius 3 is 1.74 bits per heavy atom. The molecule has 0 aliphatic heterocycles. The van der Waals surface area contributed by atoms with Crippen LogP contribution in [0.2, 0.25) is 0 Å². The Morgan fingerprint density at radius 2 is 1.22 bits per heavy atom. The first-order valence-electron chi connectivity index (χ1n) is 8.15. The first-order chi connectivity index (χ1) is 11.3. The highest BCUT2D eigenvalue weighted by Crippen LogP contribution is 2.12. The van der Waals surface area contributed by atoms with Crippen LogP contribution < -0.4 is 4.74 Å². The number of ether oxygens (including phenoxy) is 1. The van der Waals surface area contributed by atoms with E-state index in [1.165, 1.54) is 0 Å². The second kappa shape index (κ2) is 9.39. The highest BCUT2D eigenvalue weighted by atomic mass is 16.5. The van der Waals surface area contributed by atoms with Gasteiger partial charge in [0.05, 0.1) is 6.61 Å². The van der Waals surface area contributed by atoms with Crippen molar-refractivity contribution in [3.8, 4) is 29.4 Å². The average Bonchev–Trinajstić information content (AvgIpc) is 2.60. The topological polar surface area (TPSA) is 9.23 Å². The minimum atomic E-state index is 0.749. The van der Waals surface area contributed by atoms with Crippen LogP contribution in [-0.4, -0.2) is 6.61 Å². The van der Waals surface area contributed by atoms with E-state index in [0.717, 1.165) is 48.3 Å². The molecule has 116 valence electrons. The van der Waals surface area contributed by atoms with Crippen molar-refractivity contribution >= 4 is 0 Å². The van der Waals surface area contributed by atoms with E-state index in [-0.39, 0.29) is 0 Å². The molecule has 0 saturated heterocycles. The van der Waals surface area contributed by atoms with Crippen LogP contribution in [0, 0.1) is 23.7 Å². The minimum Gasteiger partial charge on any atom is -0.494 e. The molecule has 1 heteroatoms. The van der Waals surface area contributed by atoms with Gasteiger partial charge in [0.2, 0.25) is 0 Å². The average molecular weight is 302 g/mol. The van der Waals surface area contributed by atoms with Crippen molar-refractivity contribution in [3.05, 3.63) is 65.2 Å². The summed E-state index contributed by atoms with van der Waals surface area (Å²) in [4.78, 5) is 0. The number of rotatable bonds is 4. The summed E-state index contributed by atoms with van der Waals surface area (Å²) in [6, 6.07) is 16.0. The summed E-state index contributed by atoms with van der Waals surface area (Å²) in [7, 11) is 0. The predicted octanol–water partition coefficient (Wildman–Crippen LogP) is 5.03. The molecular formula is C22H22O. The Hall–Kier alpha value is -2.64. The third kappa shape index (κ3) is 5.93. The molecule has 0 radical (unpaired) electrons. The van der Waals surface area contributed by atoms with Crippen LogP contribution in [0.5, 0.6) is 5.75 Å². The van der Waals surface area contributed by atoms with E-state index in [2.05, 4.69) is 37.5 Å². The van der Waals surface area contributed by atoms with Gasteiger partial charge in [-0.25, -0.2) is 0 Å². The van der Waals surface area contributed by atoms with Gasteiger partial charge in [0.15, 0.2) is 0 Å². The molecule has 0 fully saturated rings. The molecule has 2 rings (SSSR count). The number of hydrogen-bond donors (Lipinski definition) is 0. The Morgan fingerprint density at radius 1 is 0.696 bits per heavy atom. The first kappa shape index (κ1) is 16.7. The Balaban J connectivity index is 2.00. The third-order valence-corrected chi connectivity index (χ3v) is 3.17. The van der Waals surface area contributed by atoms with Crippen LogP contribution >= 0.6 is 0 Å². The molecule has 0 aliphatic rings. The molecule has 0 unspecified atom stereocenters. The quantitative estimate of drug-likeness (QED) is 0.720. The lowest BCUT2D eigenvalue weighted by Gasteiger charge is -2.03. The SMILES string of the molecule is CCCC#Cc1ccc(C#Cc2ccc(OCCC)cc2)cc1. The predicted molar refractivity (Wildman–Crippen MR) is 96.4 cm³/mol. The summed E-state index contributed by atoms with van der Waals surface area (Å²) in [5, 5.41) is 0. The molecule has 0 aliphatic carbocycles. The lowest BCUT2D eigenvalue weighted by Crippen LogP contribution is -1.94. The van der Waals surface area contributed by atoms with Gasteiger partial charge < -0.3 is 4.74 Å². The van der Waals surface area contributed by atoms with E-state index in [1.807, 2.05) is 48.5 Å². The largest absolute Gasteiger partial charge is 0.494 e. The maximum absolute atomic E-state index is 5.57. The monoisotopic (exact) mass is 302 g/mol. The second-order valence-electron chi connectivity index (χ2n) is 5.25. The Labute approximate surface area is 139 Å². The number of benzene rings is 2. The number of hydrogen-bond acceptors (Lipinski definition) is 1. The maximum atomic E-state index is 5.57. The van der Waals surface area contributed by atoms with E-state index >= 15 is 0 Å². The maximum Gasteiger partial charge on any atom is 0.119 e. The lowest BCUT2D eigenvalue weighted by molar-refractivity contribution is 0.317. The van der Waals surface area contributed by atoms with Crippen molar-refractivity contribution in [1.82, 2.24) is 0 Å². The van der Waals surface area contributed by atoms with Gasteiger partial charge >= 0.3 is 0 Å². The van der Waals surface area contributed by atoms with Crippen molar-refractivity contribution < 1.29 is 4.74 Å². The van der Waals surface area contributed by atoms with Crippen LogP contribution in [0.15, 0.2) is 48.5 Å². The zero-order chi connectivity index (χ0) is 16.3. The molecule has 0 N–H and O–H groups in total.